The SMILES string of the molecule is CCCC(NC(=O)CCCSc1ccccc1)C(=O)O. The zero-order chi connectivity index (χ0) is 14.8. The Balaban J connectivity index is 2.21. The quantitative estimate of drug-likeness (QED) is 0.543. The third-order valence-corrected chi connectivity index (χ3v) is 3.87. The van der Waals surface area contributed by atoms with Crippen molar-refractivity contribution >= 4 is 23.6 Å². The van der Waals surface area contributed by atoms with Crippen LogP contribution >= 0.6 is 11.8 Å². The van der Waals surface area contributed by atoms with Gasteiger partial charge in [0.05, 0.1) is 0 Å². The smallest absolute Gasteiger partial charge is 0.326 e. The number of thioether (sulfide) groups is 1. The molecule has 0 radical (unpaired) electrons. The van der Waals surface area contributed by atoms with E-state index >= 15 is 0 Å². The van der Waals surface area contributed by atoms with Gasteiger partial charge in [-0.15, -0.1) is 11.8 Å². The Morgan fingerprint density at radius 2 is 2.00 bits per heavy atom. The Morgan fingerprint density at radius 3 is 2.60 bits per heavy atom. The number of hydrogen-bond donors (Lipinski definition) is 2. The van der Waals surface area contributed by atoms with Crippen LogP contribution in [0.1, 0.15) is 32.6 Å². The van der Waals surface area contributed by atoms with E-state index in [1.807, 2.05) is 37.3 Å². The molecule has 0 fully saturated rings. The summed E-state index contributed by atoms with van der Waals surface area (Å²) in [6.45, 7) is 1.90. The van der Waals surface area contributed by atoms with Crippen LogP contribution in [0.5, 0.6) is 0 Å². The van der Waals surface area contributed by atoms with Gasteiger partial charge in [-0.2, -0.15) is 0 Å². The summed E-state index contributed by atoms with van der Waals surface area (Å²) in [4.78, 5) is 23.8. The molecule has 4 nitrogen and oxygen atoms in total. The van der Waals surface area contributed by atoms with Crippen molar-refractivity contribution in [2.24, 2.45) is 0 Å². The summed E-state index contributed by atoms with van der Waals surface area (Å²) in [5, 5.41) is 11.5. The zero-order valence-electron chi connectivity index (χ0n) is 11.7. The summed E-state index contributed by atoms with van der Waals surface area (Å²) >= 11 is 1.70. The Hall–Kier alpha value is -1.49. The van der Waals surface area contributed by atoms with E-state index in [0.717, 1.165) is 18.6 Å². The van der Waals surface area contributed by atoms with Gasteiger partial charge in [0.2, 0.25) is 5.91 Å². The average Bonchev–Trinajstić information content (AvgIpc) is 2.44. The van der Waals surface area contributed by atoms with Crippen LogP contribution in [-0.2, 0) is 9.59 Å². The van der Waals surface area contributed by atoms with Gasteiger partial charge < -0.3 is 10.4 Å². The molecule has 5 heteroatoms. The molecule has 2 N–H and O–H groups in total. The first-order chi connectivity index (χ1) is 9.63. The molecule has 0 saturated carbocycles. The van der Waals surface area contributed by atoms with Crippen molar-refractivity contribution in [3.05, 3.63) is 30.3 Å². The number of carboxylic acid groups (broad SMARTS) is 1. The molecule has 1 aromatic carbocycles. The second-order valence-electron chi connectivity index (χ2n) is 4.51. The van der Waals surface area contributed by atoms with E-state index in [-0.39, 0.29) is 5.91 Å². The van der Waals surface area contributed by atoms with Crippen LogP contribution < -0.4 is 5.32 Å². The number of carboxylic acids is 1. The van der Waals surface area contributed by atoms with E-state index in [4.69, 9.17) is 5.11 Å². The van der Waals surface area contributed by atoms with Crippen molar-refractivity contribution in [3.63, 3.8) is 0 Å². The Labute approximate surface area is 124 Å². The van der Waals surface area contributed by atoms with Crippen LogP contribution in [-0.4, -0.2) is 28.8 Å². The first kappa shape index (κ1) is 16.6. The van der Waals surface area contributed by atoms with Crippen LogP contribution in [0.25, 0.3) is 0 Å². The number of carbonyl (C=O) groups is 2. The van der Waals surface area contributed by atoms with Gasteiger partial charge in [0.1, 0.15) is 6.04 Å². The average molecular weight is 295 g/mol. The maximum Gasteiger partial charge on any atom is 0.326 e. The van der Waals surface area contributed by atoms with Gasteiger partial charge in [-0.3, -0.25) is 4.79 Å². The van der Waals surface area contributed by atoms with Gasteiger partial charge in [-0.25, -0.2) is 4.79 Å². The Morgan fingerprint density at radius 1 is 1.30 bits per heavy atom. The predicted molar refractivity (Wildman–Crippen MR) is 80.9 cm³/mol. The van der Waals surface area contributed by atoms with Crippen molar-refractivity contribution < 1.29 is 14.7 Å². The van der Waals surface area contributed by atoms with Gasteiger partial charge in [0.15, 0.2) is 0 Å². The molecule has 0 aromatic heterocycles. The number of rotatable bonds is 9. The summed E-state index contributed by atoms with van der Waals surface area (Å²) in [5.74, 6) is -0.290. The van der Waals surface area contributed by atoms with Crippen LogP contribution in [0.3, 0.4) is 0 Å². The van der Waals surface area contributed by atoms with Crippen molar-refractivity contribution in [2.75, 3.05) is 5.75 Å². The second kappa shape index (κ2) is 9.42. The first-order valence-electron chi connectivity index (χ1n) is 6.83. The molecule has 1 atom stereocenters. The molecule has 0 aliphatic carbocycles. The topological polar surface area (TPSA) is 66.4 Å². The lowest BCUT2D eigenvalue weighted by atomic mass is 10.1. The third-order valence-electron chi connectivity index (χ3n) is 2.77. The maximum atomic E-state index is 11.7. The normalized spacial score (nSPS) is 11.8. The van der Waals surface area contributed by atoms with Crippen LogP contribution in [0, 0.1) is 0 Å². The lowest BCUT2D eigenvalue weighted by Gasteiger charge is -2.13. The van der Waals surface area contributed by atoms with E-state index < -0.39 is 12.0 Å². The molecule has 1 aromatic rings. The van der Waals surface area contributed by atoms with Crippen LogP contribution in [0.2, 0.25) is 0 Å². The van der Waals surface area contributed by atoms with Crippen LogP contribution in [0.4, 0.5) is 0 Å². The van der Waals surface area contributed by atoms with Gasteiger partial charge in [0, 0.05) is 11.3 Å². The van der Waals surface area contributed by atoms with E-state index in [1.165, 1.54) is 4.90 Å². The van der Waals surface area contributed by atoms with E-state index in [9.17, 15) is 9.59 Å². The largest absolute Gasteiger partial charge is 0.480 e. The van der Waals surface area contributed by atoms with Crippen molar-refractivity contribution in [1.82, 2.24) is 5.32 Å². The molecule has 0 bridgehead atoms. The van der Waals surface area contributed by atoms with E-state index in [2.05, 4.69) is 5.32 Å². The van der Waals surface area contributed by atoms with E-state index in [0.29, 0.717) is 12.8 Å². The highest BCUT2D eigenvalue weighted by atomic mass is 32.2. The maximum absolute atomic E-state index is 11.7. The number of amides is 1. The third kappa shape index (κ3) is 6.61. The number of benzene rings is 1. The number of carbonyl (C=O) groups excluding carboxylic acids is 1. The minimum absolute atomic E-state index is 0.181. The number of hydrogen-bond acceptors (Lipinski definition) is 3. The van der Waals surface area contributed by atoms with Crippen molar-refractivity contribution in [3.8, 4) is 0 Å². The van der Waals surface area contributed by atoms with Crippen molar-refractivity contribution in [2.45, 2.75) is 43.5 Å². The first-order valence-corrected chi connectivity index (χ1v) is 7.82. The number of nitrogens with one attached hydrogen (secondary N) is 1. The molecule has 0 aliphatic rings. The minimum atomic E-state index is -0.959. The highest BCUT2D eigenvalue weighted by molar-refractivity contribution is 7.99. The highest BCUT2D eigenvalue weighted by Crippen LogP contribution is 2.18. The lowest BCUT2D eigenvalue weighted by molar-refractivity contribution is -0.142. The molecule has 1 unspecified atom stereocenters. The lowest BCUT2D eigenvalue weighted by Crippen LogP contribution is -2.40. The summed E-state index contributed by atoms with van der Waals surface area (Å²) in [5.41, 5.74) is 0. The van der Waals surface area contributed by atoms with Gasteiger partial charge in [-0.05, 0) is 30.7 Å². The molecule has 1 rings (SSSR count). The Kier molecular flexibility index (Phi) is 7.80. The van der Waals surface area contributed by atoms with Gasteiger partial charge >= 0.3 is 5.97 Å². The second-order valence-corrected chi connectivity index (χ2v) is 5.68. The predicted octanol–water partition coefficient (Wildman–Crippen LogP) is 2.93. The molecule has 110 valence electrons. The number of aliphatic carboxylic acids is 1. The molecule has 20 heavy (non-hydrogen) atoms. The summed E-state index contributed by atoms with van der Waals surface area (Å²) in [6.07, 6.45) is 2.32. The fourth-order valence-electron chi connectivity index (χ4n) is 1.75. The van der Waals surface area contributed by atoms with Crippen molar-refractivity contribution in [1.29, 1.82) is 0 Å². The van der Waals surface area contributed by atoms with E-state index in [1.54, 1.807) is 11.8 Å². The van der Waals surface area contributed by atoms with Gasteiger partial charge in [0.25, 0.3) is 0 Å². The molecule has 0 saturated heterocycles. The molecule has 0 aliphatic heterocycles. The summed E-state index contributed by atoms with van der Waals surface area (Å²) in [6, 6.07) is 9.25. The molecule has 0 heterocycles. The minimum Gasteiger partial charge on any atom is -0.480 e. The molecular formula is C15H21NO3S. The molecule has 0 spiro atoms. The fourth-order valence-corrected chi connectivity index (χ4v) is 2.63. The summed E-state index contributed by atoms with van der Waals surface area (Å²) < 4.78 is 0. The molecular weight excluding hydrogens is 274 g/mol. The fraction of sp³-hybridized carbons (Fsp3) is 0.467. The Bertz CT molecular complexity index is 422. The molecule has 1 amide bonds. The standard InChI is InChI=1S/C15H21NO3S/c1-2-7-13(15(18)19)16-14(17)10-6-11-20-12-8-4-3-5-9-12/h3-5,8-9,13H,2,6-7,10-11H2,1H3,(H,16,17)(H,18,19). The highest BCUT2D eigenvalue weighted by Gasteiger charge is 2.18. The summed E-state index contributed by atoms with van der Waals surface area (Å²) in [7, 11) is 0. The van der Waals surface area contributed by atoms with Gasteiger partial charge in [-0.1, -0.05) is 31.5 Å². The van der Waals surface area contributed by atoms with Crippen LogP contribution in [0.15, 0.2) is 35.2 Å². The zero-order valence-corrected chi connectivity index (χ0v) is 12.5. The monoisotopic (exact) mass is 295 g/mol.